The van der Waals surface area contributed by atoms with Crippen molar-refractivity contribution in [2.75, 3.05) is 21.9 Å². The predicted molar refractivity (Wildman–Crippen MR) is 119 cm³/mol. The SMILES string of the molecule is O=C(CSC1CCCC1)Nc1ccc2c(c1)N(S(=O)(=O)c1ccccc1)CCC2. The molecule has 0 bridgehead atoms. The number of sulfonamides is 1. The second-order valence-corrected chi connectivity index (χ2v) is 10.8. The minimum Gasteiger partial charge on any atom is -0.325 e. The molecule has 1 amide bonds. The second kappa shape index (κ2) is 8.79. The molecule has 4 rings (SSSR count). The normalized spacial score (nSPS) is 17.2. The van der Waals surface area contributed by atoms with Gasteiger partial charge in [-0.05, 0) is 55.5 Å². The van der Waals surface area contributed by atoms with Gasteiger partial charge in [0.25, 0.3) is 10.0 Å². The first-order chi connectivity index (χ1) is 14.0. The Labute approximate surface area is 176 Å². The van der Waals surface area contributed by atoms with E-state index in [0.29, 0.717) is 28.9 Å². The summed E-state index contributed by atoms with van der Waals surface area (Å²) in [6.07, 6.45) is 6.53. The van der Waals surface area contributed by atoms with Gasteiger partial charge >= 0.3 is 0 Å². The molecule has 29 heavy (non-hydrogen) atoms. The minimum atomic E-state index is -3.63. The third kappa shape index (κ3) is 4.61. The van der Waals surface area contributed by atoms with Crippen molar-refractivity contribution in [2.24, 2.45) is 0 Å². The van der Waals surface area contributed by atoms with Gasteiger partial charge < -0.3 is 5.32 Å². The Morgan fingerprint density at radius 3 is 2.59 bits per heavy atom. The van der Waals surface area contributed by atoms with E-state index in [1.54, 1.807) is 48.2 Å². The molecule has 5 nitrogen and oxygen atoms in total. The van der Waals surface area contributed by atoms with Crippen molar-refractivity contribution in [3.05, 3.63) is 54.1 Å². The zero-order chi connectivity index (χ0) is 20.3. The van der Waals surface area contributed by atoms with Gasteiger partial charge in [-0.25, -0.2) is 8.42 Å². The number of hydrogen-bond donors (Lipinski definition) is 1. The van der Waals surface area contributed by atoms with Crippen LogP contribution in [0.1, 0.15) is 37.7 Å². The van der Waals surface area contributed by atoms with Crippen molar-refractivity contribution in [3.8, 4) is 0 Å². The first-order valence-electron chi connectivity index (χ1n) is 10.2. The van der Waals surface area contributed by atoms with E-state index in [1.807, 2.05) is 12.1 Å². The summed E-state index contributed by atoms with van der Waals surface area (Å²) < 4.78 is 27.8. The fourth-order valence-electron chi connectivity index (χ4n) is 4.03. The number of carbonyl (C=O) groups is 1. The first kappa shape index (κ1) is 20.3. The maximum atomic E-state index is 13.2. The van der Waals surface area contributed by atoms with Gasteiger partial charge in [-0.1, -0.05) is 37.1 Å². The third-order valence-corrected chi connectivity index (χ3v) is 8.73. The van der Waals surface area contributed by atoms with Crippen molar-refractivity contribution in [1.29, 1.82) is 0 Å². The Kier molecular flexibility index (Phi) is 6.15. The topological polar surface area (TPSA) is 66.5 Å². The molecule has 7 heteroatoms. The molecule has 0 atom stereocenters. The first-order valence-corrected chi connectivity index (χ1v) is 12.6. The van der Waals surface area contributed by atoms with E-state index in [4.69, 9.17) is 0 Å². The van der Waals surface area contributed by atoms with Crippen LogP contribution in [0.25, 0.3) is 0 Å². The number of fused-ring (bicyclic) bond motifs is 1. The highest BCUT2D eigenvalue weighted by atomic mass is 32.2. The number of nitrogens with zero attached hydrogens (tertiary/aromatic N) is 1. The summed E-state index contributed by atoms with van der Waals surface area (Å²) in [5.74, 6) is 0.406. The van der Waals surface area contributed by atoms with Gasteiger partial charge in [0.15, 0.2) is 0 Å². The van der Waals surface area contributed by atoms with Gasteiger partial charge in [0.05, 0.1) is 16.3 Å². The molecule has 1 N–H and O–H groups in total. The van der Waals surface area contributed by atoms with Gasteiger partial charge in [-0.2, -0.15) is 0 Å². The van der Waals surface area contributed by atoms with Crippen LogP contribution in [0.15, 0.2) is 53.4 Å². The maximum absolute atomic E-state index is 13.2. The lowest BCUT2D eigenvalue weighted by molar-refractivity contribution is -0.113. The Morgan fingerprint density at radius 2 is 1.83 bits per heavy atom. The molecule has 0 radical (unpaired) electrons. The van der Waals surface area contributed by atoms with E-state index in [0.717, 1.165) is 18.4 Å². The van der Waals surface area contributed by atoms with Crippen LogP contribution in [0.4, 0.5) is 11.4 Å². The van der Waals surface area contributed by atoms with Crippen LogP contribution in [-0.2, 0) is 21.2 Å². The second-order valence-electron chi connectivity index (χ2n) is 7.60. The van der Waals surface area contributed by atoms with Gasteiger partial charge in [0.1, 0.15) is 0 Å². The fourth-order valence-corrected chi connectivity index (χ4v) is 6.71. The fraction of sp³-hybridized carbons (Fsp3) is 0.409. The molecule has 154 valence electrons. The number of benzene rings is 2. The van der Waals surface area contributed by atoms with Gasteiger partial charge in [-0.3, -0.25) is 9.10 Å². The van der Waals surface area contributed by atoms with Crippen molar-refractivity contribution in [2.45, 2.75) is 48.7 Å². The summed E-state index contributed by atoms with van der Waals surface area (Å²) in [5.41, 5.74) is 2.31. The van der Waals surface area contributed by atoms with Crippen LogP contribution < -0.4 is 9.62 Å². The maximum Gasteiger partial charge on any atom is 0.264 e. The number of amides is 1. The predicted octanol–water partition coefficient (Wildman–Crippen LogP) is 4.44. The summed E-state index contributed by atoms with van der Waals surface area (Å²) in [6, 6.07) is 14.1. The number of carbonyl (C=O) groups excluding carboxylic acids is 1. The third-order valence-electron chi connectivity index (χ3n) is 5.53. The van der Waals surface area contributed by atoms with Crippen LogP contribution in [0.5, 0.6) is 0 Å². The molecular weight excluding hydrogens is 404 g/mol. The average Bonchev–Trinajstić information content (AvgIpc) is 3.26. The molecule has 1 aliphatic heterocycles. The Hall–Kier alpha value is -1.99. The molecule has 1 fully saturated rings. The molecule has 0 unspecified atom stereocenters. The van der Waals surface area contributed by atoms with Crippen LogP contribution in [0, 0.1) is 0 Å². The van der Waals surface area contributed by atoms with Crippen LogP contribution in [0.3, 0.4) is 0 Å². The molecule has 2 aromatic carbocycles. The summed E-state index contributed by atoms with van der Waals surface area (Å²) >= 11 is 1.72. The van der Waals surface area contributed by atoms with E-state index in [-0.39, 0.29) is 10.8 Å². The molecule has 0 aromatic heterocycles. The van der Waals surface area contributed by atoms with Crippen molar-refractivity contribution in [3.63, 3.8) is 0 Å². The smallest absolute Gasteiger partial charge is 0.264 e. The summed E-state index contributed by atoms with van der Waals surface area (Å²) in [5, 5.41) is 3.54. The largest absolute Gasteiger partial charge is 0.325 e. The molecule has 2 aliphatic rings. The lowest BCUT2D eigenvalue weighted by Crippen LogP contribution is -2.35. The lowest BCUT2D eigenvalue weighted by atomic mass is 10.0. The number of aryl methyl sites for hydroxylation is 1. The number of rotatable bonds is 6. The summed E-state index contributed by atoms with van der Waals surface area (Å²) in [6.45, 7) is 0.444. The zero-order valence-electron chi connectivity index (χ0n) is 16.3. The molecule has 0 spiro atoms. The highest BCUT2D eigenvalue weighted by Crippen LogP contribution is 2.34. The Bertz CT molecular complexity index is 971. The van der Waals surface area contributed by atoms with E-state index in [1.165, 1.54) is 30.0 Å². The van der Waals surface area contributed by atoms with Gasteiger partial charge in [-0.15, -0.1) is 11.8 Å². The molecule has 2 aromatic rings. The number of thioether (sulfide) groups is 1. The minimum absolute atomic E-state index is 0.0323. The number of hydrogen-bond acceptors (Lipinski definition) is 4. The number of anilines is 2. The van der Waals surface area contributed by atoms with E-state index < -0.39 is 10.0 Å². The Balaban J connectivity index is 1.52. The molecule has 1 aliphatic carbocycles. The number of nitrogens with one attached hydrogen (secondary N) is 1. The van der Waals surface area contributed by atoms with E-state index in [2.05, 4.69) is 5.32 Å². The average molecular weight is 431 g/mol. The molecule has 1 heterocycles. The van der Waals surface area contributed by atoms with E-state index >= 15 is 0 Å². The van der Waals surface area contributed by atoms with Crippen molar-refractivity contribution < 1.29 is 13.2 Å². The lowest BCUT2D eigenvalue weighted by Gasteiger charge is -2.31. The van der Waals surface area contributed by atoms with Crippen LogP contribution >= 0.6 is 11.8 Å². The van der Waals surface area contributed by atoms with Gasteiger partial charge in [0.2, 0.25) is 5.91 Å². The standard InChI is InChI=1S/C22H26N2O3S2/c25-22(16-28-19-8-4-5-9-19)23-18-13-12-17-7-6-14-24(21(17)15-18)29(26,27)20-10-2-1-3-11-20/h1-3,10-13,15,19H,4-9,14,16H2,(H,23,25). The van der Waals surface area contributed by atoms with Crippen LogP contribution in [-0.4, -0.2) is 31.9 Å². The zero-order valence-corrected chi connectivity index (χ0v) is 18.0. The molecule has 1 saturated carbocycles. The van der Waals surface area contributed by atoms with E-state index in [9.17, 15) is 13.2 Å². The van der Waals surface area contributed by atoms with Crippen molar-refractivity contribution in [1.82, 2.24) is 0 Å². The quantitative estimate of drug-likeness (QED) is 0.736. The highest BCUT2D eigenvalue weighted by Gasteiger charge is 2.29. The molecular formula is C22H26N2O3S2. The van der Waals surface area contributed by atoms with Gasteiger partial charge in [0, 0.05) is 17.5 Å². The summed E-state index contributed by atoms with van der Waals surface area (Å²) in [7, 11) is -3.63. The monoisotopic (exact) mass is 430 g/mol. The summed E-state index contributed by atoms with van der Waals surface area (Å²) in [4.78, 5) is 12.7. The van der Waals surface area contributed by atoms with Crippen molar-refractivity contribution >= 4 is 39.1 Å². The molecule has 0 saturated heterocycles. The highest BCUT2D eigenvalue weighted by molar-refractivity contribution is 8.00. The Morgan fingerprint density at radius 1 is 1.07 bits per heavy atom. The van der Waals surface area contributed by atoms with Crippen LogP contribution in [0.2, 0.25) is 0 Å².